The van der Waals surface area contributed by atoms with Gasteiger partial charge in [-0.1, -0.05) is 6.92 Å². The van der Waals surface area contributed by atoms with Gasteiger partial charge < -0.3 is 5.73 Å². The van der Waals surface area contributed by atoms with Crippen molar-refractivity contribution in [2.75, 3.05) is 6.54 Å². The van der Waals surface area contributed by atoms with E-state index < -0.39 is 0 Å². The molecule has 0 aliphatic carbocycles. The van der Waals surface area contributed by atoms with E-state index in [0.29, 0.717) is 23.9 Å². The summed E-state index contributed by atoms with van der Waals surface area (Å²) in [5.41, 5.74) is 6.08. The number of nitrogens with one attached hydrogen (secondary N) is 1. The summed E-state index contributed by atoms with van der Waals surface area (Å²) in [4.78, 5) is 20.0. The lowest BCUT2D eigenvalue weighted by Crippen LogP contribution is -2.16. The molecule has 0 aliphatic rings. The first kappa shape index (κ1) is 10.8. The molecule has 1 atom stereocenters. The summed E-state index contributed by atoms with van der Waals surface area (Å²) in [6, 6.07) is 1.47. The van der Waals surface area contributed by atoms with Crippen LogP contribution in [-0.4, -0.2) is 26.1 Å². The van der Waals surface area contributed by atoms with Crippen LogP contribution in [-0.2, 0) is 6.42 Å². The highest BCUT2D eigenvalue weighted by atomic mass is 16.1. The van der Waals surface area contributed by atoms with Gasteiger partial charge in [0.25, 0.3) is 11.3 Å². The van der Waals surface area contributed by atoms with Gasteiger partial charge in [-0.2, -0.15) is 9.50 Å². The molecule has 1 unspecified atom stereocenters. The third kappa shape index (κ3) is 1.96. The van der Waals surface area contributed by atoms with Crippen molar-refractivity contribution < 1.29 is 0 Å². The lowest BCUT2D eigenvalue weighted by molar-refractivity contribution is 0.573. The minimum Gasteiger partial charge on any atom is -0.330 e. The van der Waals surface area contributed by atoms with Crippen molar-refractivity contribution in [1.29, 1.82) is 0 Å². The van der Waals surface area contributed by atoms with E-state index in [-0.39, 0.29) is 5.56 Å². The summed E-state index contributed by atoms with van der Waals surface area (Å²) < 4.78 is 1.35. The Bertz CT molecular complexity index is 556. The van der Waals surface area contributed by atoms with Gasteiger partial charge in [-0.15, -0.1) is 0 Å². The number of aryl methyl sites for hydroxylation is 1. The average Bonchev–Trinajstić information content (AvgIpc) is 2.60. The molecule has 0 saturated heterocycles. The van der Waals surface area contributed by atoms with E-state index in [9.17, 15) is 4.79 Å². The fourth-order valence-corrected chi connectivity index (χ4v) is 1.54. The minimum absolute atomic E-state index is 0.137. The Hall–Kier alpha value is -1.69. The molecule has 0 radical (unpaired) electrons. The van der Waals surface area contributed by atoms with Crippen molar-refractivity contribution in [3.63, 3.8) is 0 Å². The highest BCUT2D eigenvalue weighted by molar-refractivity contribution is 5.27. The standard InChI is InChI=1S/C10H15N5O/c1-6(5-11)3-8-13-10-12-7(2)4-9(16)15(10)14-8/h4,6H,3,5,11H2,1-2H3,(H,12,13,14). The Morgan fingerprint density at radius 1 is 1.56 bits per heavy atom. The number of rotatable bonds is 3. The van der Waals surface area contributed by atoms with Gasteiger partial charge in [0.2, 0.25) is 0 Å². The topological polar surface area (TPSA) is 89.1 Å². The van der Waals surface area contributed by atoms with Gasteiger partial charge in [-0.3, -0.25) is 9.89 Å². The SMILES string of the molecule is Cc1cc(=O)n2[nH]c(CC(C)CN)nc2n1. The predicted octanol–water partition coefficient (Wildman–Crippen LogP) is -0.137. The first-order valence-corrected chi connectivity index (χ1v) is 5.25. The molecule has 0 saturated carbocycles. The number of aromatic nitrogens is 4. The van der Waals surface area contributed by atoms with E-state index in [1.165, 1.54) is 10.6 Å². The summed E-state index contributed by atoms with van der Waals surface area (Å²) in [7, 11) is 0. The molecule has 6 heteroatoms. The van der Waals surface area contributed by atoms with Gasteiger partial charge >= 0.3 is 0 Å². The first-order chi connectivity index (χ1) is 7.60. The third-order valence-corrected chi connectivity index (χ3v) is 2.45. The van der Waals surface area contributed by atoms with Crippen LogP contribution < -0.4 is 11.3 Å². The number of fused-ring (bicyclic) bond motifs is 1. The van der Waals surface area contributed by atoms with Gasteiger partial charge in [0, 0.05) is 18.2 Å². The van der Waals surface area contributed by atoms with E-state index in [0.717, 1.165) is 12.2 Å². The summed E-state index contributed by atoms with van der Waals surface area (Å²) in [6.45, 7) is 4.41. The van der Waals surface area contributed by atoms with Crippen molar-refractivity contribution in [2.45, 2.75) is 20.3 Å². The van der Waals surface area contributed by atoms with Crippen molar-refractivity contribution in [3.8, 4) is 0 Å². The molecule has 2 aromatic rings. The number of H-pyrrole nitrogens is 1. The van der Waals surface area contributed by atoms with Crippen LogP contribution in [0.5, 0.6) is 0 Å². The quantitative estimate of drug-likeness (QED) is 0.755. The Morgan fingerprint density at radius 3 is 3.00 bits per heavy atom. The van der Waals surface area contributed by atoms with Crippen LogP contribution in [0.3, 0.4) is 0 Å². The predicted molar refractivity (Wildman–Crippen MR) is 60.3 cm³/mol. The van der Waals surface area contributed by atoms with Gasteiger partial charge in [-0.25, -0.2) is 4.98 Å². The fraction of sp³-hybridized carbons (Fsp3) is 0.500. The maximum absolute atomic E-state index is 11.6. The normalized spacial score (nSPS) is 13.2. The molecular formula is C10H15N5O. The molecule has 0 fully saturated rings. The zero-order valence-electron chi connectivity index (χ0n) is 9.40. The molecule has 0 aromatic carbocycles. The maximum atomic E-state index is 11.6. The van der Waals surface area contributed by atoms with Crippen LogP contribution in [0.4, 0.5) is 0 Å². The second-order valence-corrected chi connectivity index (χ2v) is 4.09. The zero-order chi connectivity index (χ0) is 11.7. The molecule has 0 spiro atoms. The highest BCUT2D eigenvalue weighted by Crippen LogP contribution is 2.03. The first-order valence-electron chi connectivity index (χ1n) is 5.25. The van der Waals surface area contributed by atoms with Gasteiger partial charge in [-0.05, 0) is 19.4 Å². The average molecular weight is 221 g/mol. The molecule has 0 bridgehead atoms. The van der Waals surface area contributed by atoms with E-state index in [1.807, 2.05) is 6.92 Å². The Labute approximate surface area is 92.5 Å². The van der Waals surface area contributed by atoms with Gasteiger partial charge in [0.05, 0.1) is 0 Å². The van der Waals surface area contributed by atoms with Crippen LogP contribution in [0.25, 0.3) is 5.78 Å². The molecule has 0 amide bonds. The Kier molecular flexibility index (Phi) is 2.74. The summed E-state index contributed by atoms with van der Waals surface area (Å²) in [5, 5.41) is 2.93. The third-order valence-electron chi connectivity index (χ3n) is 2.45. The molecule has 86 valence electrons. The summed E-state index contributed by atoms with van der Waals surface area (Å²) >= 11 is 0. The molecule has 3 N–H and O–H groups in total. The van der Waals surface area contributed by atoms with Crippen molar-refractivity contribution in [3.05, 3.63) is 27.9 Å². The molecule has 0 aliphatic heterocycles. The summed E-state index contributed by atoms with van der Waals surface area (Å²) in [5.74, 6) is 1.50. The Balaban J connectivity index is 2.44. The molecule has 2 rings (SSSR count). The van der Waals surface area contributed by atoms with E-state index >= 15 is 0 Å². The second kappa shape index (κ2) is 4.05. The van der Waals surface area contributed by atoms with Crippen LogP contribution in [0.15, 0.2) is 10.9 Å². The largest absolute Gasteiger partial charge is 0.330 e. The number of hydrogen-bond donors (Lipinski definition) is 2. The lowest BCUT2D eigenvalue weighted by atomic mass is 10.1. The van der Waals surface area contributed by atoms with E-state index in [4.69, 9.17) is 5.73 Å². The molecule has 2 heterocycles. The van der Waals surface area contributed by atoms with Crippen LogP contribution in [0.2, 0.25) is 0 Å². The number of aromatic amines is 1. The number of nitrogens with two attached hydrogens (primary N) is 1. The minimum atomic E-state index is -0.137. The van der Waals surface area contributed by atoms with Crippen LogP contribution >= 0.6 is 0 Å². The van der Waals surface area contributed by atoms with Crippen molar-refractivity contribution in [1.82, 2.24) is 19.6 Å². The Morgan fingerprint density at radius 2 is 2.31 bits per heavy atom. The van der Waals surface area contributed by atoms with E-state index in [1.54, 1.807) is 6.92 Å². The van der Waals surface area contributed by atoms with Crippen LogP contribution in [0, 0.1) is 12.8 Å². The molecule has 2 aromatic heterocycles. The smallest absolute Gasteiger partial charge is 0.274 e. The van der Waals surface area contributed by atoms with Crippen molar-refractivity contribution in [2.24, 2.45) is 11.7 Å². The second-order valence-electron chi connectivity index (χ2n) is 4.09. The number of nitrogens with zero attached hydrogens (tertiary/aromatic N) is 3. The summed E-state index contributed by atoms with van der Waals surface area (Å²) in [6.07, 6.45) is 0.721. The van der Waals surface area contributed by atoms with Crippen LogP contribution in [0.1, 0.15) is 18.4 Å². The monoisotopic (exact) mass is 221 g/mol. The molecular weight excluding hydrogens is 206 g/mol. The van der Waals surface area contributed by atoms with Crippen molar-refractivity contribution >= 4 is 5.78 Å². The van der Waals surface area contributed by atoms with Gasteiger partial charge in [0.1, 0.15) is 5.82 Å². The fourth-order valence-electron chi connectivity index (χ4n) is 1.54. The molecule has 6 nitrogen and oxygen atoms in total. The van der Waals surface area contributed by atoms with E-state index in [2.05, 4.69) is 15.1 Å². The zero-order valence-corrected chi connectivity index (χ0v) is 9.40. The molecule has 16 heavy (non-hydrogen) atoms. The van der Waals surface area contributed by atoms with Gasteiger partial charge in [0.15, 0.2) is 0 Å². The lowest BCUT2D eigenvalue weighted by Gasteiger charge is -2.03. The highest BCUT2D eigenvalue weighted by Gasteiger charge is 2.08. The maximum Gasteiger partial charge on any atom is 0.274 e. The number of hydrogen-bond acceptors (Lipinski definition) is 4.